The topological polar surface area (TPSA) is 110 Å². The summed E-state index contributed by atoms with van der Waals surface area (Å²) in [5.74, 6) is -0.185. The van der Waals surface area contributed by atoms with Crippen molar-refractivity contribution >= 4 is 34.8 Å². The van der Waals surface area contributed by atoms with Crippen LogP contribution in [0.3, 0.4) is 0 Å². The third kappa shape index (κ3) is 5.66. The van der Waals surface area contributed by atoms with E-state index in [0.717, 1.165) is 24.2 Å². The van der Waals surface area contributed by atoms with Crippen molar-refractivity contribution in [2.75, 3.05) is 44.7 Å². The quantitative estimate of drug-likeness (QED) is 0.235. The average Bonchev–Trinajstić information content (AvgIpc) is 3.26. The lowest BCUT2D eigenvalue weighted by atomic mass is 9.93. The van der Waals surface area contributed by atoms with Crippen molar-refractivity contribution in [3.05, 3.63) is 100 Å². The largest absolute Gasteiger partial charge is 0.463 e. The highest BCUT2D eigenvalue weighted by Crippen LogP contribution is 2.32. The number of thiazole rings is 1. The third-order valence-electron chi connectivity index (χ3n) is 7.77. The van der Waals surface area contributed by atoms with Crippen LogP contribution in [0.4, 0.5) is 11.4 Å². The Bertz CT molecular complexity index is 1730. The number of nitrogens with zero attached hydrogens (tertiary/aromatic N) is 5. The standard InChI is InChI=1S/C31H35N5O5S/c1-6-41-30(38)27-20(4)32-31-35(28(27)23-10-8-22(9-11-23)19(2)3)29(37)26(42-31)18-21-7-12-24(25(17-21)36(39)40)34-15-13-33(5)14-16-34/h7-12,17-19,28H,6,13-16H2,1-5H3. The molecule has 11 heteroatoms. The summed E-state index contributed by atoms with van der Waals surface area (Å²) in [7, 11) is 2.03. The molecule has 0 aliphatic carbocycles. The van der Waals surface area contributed by atoms with Gasteiger partial charge in [-0.05, 0) is 55.6 Å². The van der Waals surface area contributed by atoms with Crippen LogP contribution in [-0.4, -0.2) is 60.2 Å². The van der Waals surface area contributed by atoms with Crippen LogP contribution in [-0.2, 0) is 9.53 Å². The molecule has 1 fully saturated rings. The van der Waals surface area contributed by atoms with Gasteiger partial charge in [0, 0.05) is 32.2 Å². The van der Waals surface area contributed by atoms with Crippen LogP contribution in [0.5, 0.6) is 0 Å². The maximum Gasteiger partial charge on any atom is 0.338 e. The lowest BCUT2D eigenvalue weighted by Crippen LogP contribution is -2.44. The molecule has 2 aliphatic rings. The van der Waals surface area contributed by atoms with Crippen molar-refractivity contribution in [1.29, 1.82) is 0 Å². The van der Waals surface area contributed by atoms with Gasteiger partial charge in [0.2, 0.25) is 0 Å². The summed E-state index contributed by atoms with van der Waals surface area (Å²) in [6, 6.07) is 12.3. The van der Waals surface area contributed by atoms with Gasteiger partial charge in [-0.2, -0.15) is 0 Å². The van der Waals surface area contributed by atoms with Crippen LogP contribution in [0.25, 0.3) is 6.08 Å². The van der Waals surface area contributed by atoms with Gasteiger partial charge >= 0.3 is 5.97 Å². The number of nitro groups is 1. The lowest BCUT2D eigenvalue weighted by molar-refractivity contribution is -0.384. The van der Waals surface area contributed by atoms with E-state index in [4.69, 9.17) is 4.74 Å². The normalized spacial score (nSPS) is 17.8. The van der Waals surface area contributed by atoms with Crippen LogP contribution in [0.2, 0.25) is 0 Å². The van der Waals surface area contributed by atoms with Gasteiger partial charge in [-0.25, -0.2) is 9.79 Å². The molecule has 2 aliphatic heterocycles. The summed E-state index contributed by atoms with van der Waals surface area (Å²) < 4.78 is 7.29. The average molecular weight is 590 g/mol. The van der Waals surface area contributed by atoms with Crippen molar-refractivity contribution in [2.45, 2.75) is 39.7 Å². The second-order valence-corrected chi connectivity index (χ2v) is 11.9. The smallest absolute Gasteiger partial charge is 0.338 e. The van der Waals surface area contributed by atoms with Crippen molar-refractivity contribution in [3.8, 4) is 0 Å². The summed E-state index contributed by atoms with van der Waals surface area (Å²) in [6.07, 6.45) is 1.66. The number of benzene rings is 2. The highest BCUT2D eigenvalue weighted by Gasteiger charge is 2.33. The molecular formula is C31H35N5O5S. The van der Waals surface area contributed by atoms with Crippen LogP contribution >= 0.6 is 11.3 Å². The Hall–Kier alpha value is -4.09. The van der Waals surface area contributed by atoms with E-state index in [1.807, 2.05) is 36.2 Å². The number of rotatable bonds is 7. The maximum absolute atomic E-state index is 13.9. The Morgan fingerprint density at radius 2 is 1.86 bits per heavy atom. The summed E-state index contributed by atoms with van der Waals surface area (Å²) in [6.45, 7) is 11.0. The van der Waals surface area contributed by atoms with Crippen molar-refractivity contribution in [1.82, 2.24) is 9.47 Å². The predicted octanol–water partition coefficient (Wildman–Crippen LogP) is 3.58. The first-order chi connectivity index (χ1) is 20.1. The molecule has 2 aromatic carbocycles. The molecule has 1 saturated heterocycles. The second-order valence-electron chi connectivity index (χ2n) is 10.9. The number of ether oxygens (including phenoxy) is 1. The summed E-state index contributed by atoms with van der Waals surface area (Å²) >= 11 is 1.20. The fourth-order valence-electron chi connectivity index (χ4n) is 5.41. The third-order valence-corrected chi connectivity index (χ3v) is 8.76. The van der Waals surface area contributed by atoms with E-state index in [1.165, 1.54) is 22.0 Å². The van der Waals surface area contributed by atoms with Crippen molar-refractivity contribution < 1.29 is 14.5 Å². The number of likely N-dealkylation sites (N-methyl/N-ethyl adjacent to an activating group) is 1. The summed E-state index contributed by atoms with van der Waals surface area (Å²) in [4.78, 5) is 48.0. The molecule has 0 amide bonds. The van der Waals surface area contributed by atoms with E-state index in [9.17, 15) is 19.7 Å². The van der Waals surface area contributed by atoms with Crippen LogP contribution in [0.15, 0.2) is 63.5 Å². The molecule has 0 spiro atoms. The molecule has 42 heavy (non-hydrogen) atoms. The highest BCUT2D eigenvalue weighted by atomic mass is 32.1. The minimum atomic E-state index is -0.711. The van der Waals surface area contributed by atoms with Crippen molar-refractivity contribution in [2.24, 2.45) is 4.99 Å². The number of allylic oxidation sites excluding steroid dienone is 1. The van der Waals surface area contributed by atoms with Gasteiger partial charge in [-0.3, -0.25) is 19.5 Å². The minimum Gasteiger partial charge on any atom is -0.463 e. The Balaban J connectivity index is 1.61. The molecular weight excluding hydrogens is 554 g/mol. The fraction of sp³-hybridized carbons (Fsp3) is 0.387. The van der Waals surface area contributed by atoms with Gasteiger partial charge in [0.05, 0.1) is 33.4 Å². The summed E-state index contributed by atoms with van der Waals surface area (Å²) in [5, 5.41) is 12.0. The zero-order valence-corrected chi connectivity index (χ0v) is 25.3. The number of aromatic nitrogens is 1. The maximum atomic E-state index is 13.9. The number of hydrogen-bond donors (Lipinski definition) is 0. The first-order valence-electron chi connectivity index (χ1n) is 14.1. The number of carbonyl (C=O) groups is 1. The van der Waals surface area contributed by atoms with Crippen molar-refractivity contribution in [3.63, 3.8) is 0 Å². The minimum absolute atomic E-state index is 0.00430. The molecule has 10 nitrogen and oxygen atoms in total. The molecule has 0 saturated carbocycles. The monoisotopic (exact) mass is 589 g/mol. The number of piperazine rings is 1. The molecule has 1 unspecified atom stereocenters. The number of hydrogen-bond acceptors (Lipinski definition) is 9. The Morgan fingerprint density at radius 1 is 1.17 bits per heavy atom. The van der Waals surface area contributed by atoms with E-state index in [2.05, 4.69) is 23.7 Å². The molecule has 3 aromatic rings. The Morgan fingerprint density at radius 3 is 2.48 bits per heavy atom. The fourth-order valence-corrected chi connectivity index (χ4v) is 6.46. The lowest BCUT2D eigenvalue weighted by Gasteiger charge is -2.33. The number of carbonyl (C=O) groups excluding carboxylic acids is 1. The number of nitro benzene ring substituents is 1. The number of esters is 1. The molecule has 0 bridgehead atoms. The molecule has 0 N–H and O–H groups in total. The second kappa shape index (κ2) is 12.0. The van der Waals surface area contributed by atoms with E-state index < -0.39 is 12.0 Å². The summed E-state index contributed by atoms with van der Waals surface area (Å²) in [5.41, 5.74) is 3.53. The zero-order chi connectivity index (χ0) is 30.1. The van der Waals surface area contributed by atoms with Crippen LogP contribution in [0, 0.1) is 10.1 Å². The Kier molecular flexibility index (Phi) is 8.42. The van der Waals surface area contributed by atoms with E-state index in [-0.39, 0.29) is 22.8 Å². The molecule has 220 valence electrons. The zero-order valence-electron chi connectivity index (χ0n) is 24.5. The van der Waals surface area contributed by atoms with Gasteiger partial charge < -0.3 is 14.5 Å². The van der Waals surface area contributed by atoms with E-state index >= 15 is 0 Å². The van der Waals surface area contributed by atoms with Gasteiger partial charge in [-0.1, -0.05) is 55.5 Å². The van der Waals surface area contributed by atoms with Crippen LogP contribution in [0.1, 0.15) is 56.3 Å². The molecule has 3 heterocycles. The highest BCUT2D eigenvalue weighted by molar-refractivity contribution is 7.07. The Labute approximate surface area is 248 Å². The number of anilines is 1. The van der Waals surface area contributed by atoms with Gasteiger partial charge in [0.25, 0.3) is 11.2 Å². The molecule has 1 atom stereocenters. The van der Waals surface area contributed by atoms with Gasteiger partial charge in [-0.15, -0.1) is 0 Å². The first-order valence-corrected chi connectivity index (χ1v) is 14.9. The molecule has 5 rings (SSSR count). The van der Waals surface area contributed by atoms with E-state index in [1.54, 1.807) is 32.1 Å². The predicted molar refractivity (Wildman–Crippen MR) is 164 cm³/mol. The first kappa shape index (κ1) is 29.4. The number of fused-ring (bicyclic) bond motifs is 1. The van der Waals surface area contributed by atoms with Gasteiger partial charge in [0.1, 0.15) is 5.69 Å². The van der Waals surface area contributed by atoms with Gasteiger partial charge in [0.15, 0.2) is 4.80 Å². The van der Waals surface area contributed by atoms with E-state index in [0.29, 0.717) is 50.9 Å². The molecule has 0 radical (unpaired) electrons. The SMILES string of the molecule is CCOC(=O)C1=C(C)N=c2sc(=Cc3ccc(N4CCN(C)CC4)c([N+](=O)[O-])c3)c(=O)n2C1c1ccc(C(C)C)cc1. The van der Waals surface area contributed by atoms with Crippen LogP contribution < -0.4 is 19.8 Å². The molecule has 1 aromatic heterocycles.